The number of rotatable bonds is 0. The van der Waals surface area contributed by atoms with E-state index in [2.05, 4.69) is 0 Å². The van der Waals surface area contributed by atoms with Crippen LogP contribution in [0, 0.1) is 11.8 Å². The van der Waals surface area contributed by atoms with Crippen LogP contribution in [0.4, 0.5) is 0 Å². The molecule has 0 aromatic heterocycles. The van der Waals surface area contributed by atoms with Crippen LogP contribution in [-0.4, -0.2) is 11.6 Å². The number of carbonyl (C=O) groups is 2. The Bertz CT molecular complexity index is 489. The van der Waals surface area contributed by atoms with Gasteiger partial charge < -0.3 is 0 Å². The molecule has 2 aliphatic rings. The zero-order valence-electron chi connectivity index (χ0n) is 10.6. The van der Waals surface area contributed by atoms with Crippen LogP contribution < -0.4 is 0 Å². The lowest BCUT2D eigenvalue weighted by Gasteiger charge is -2.28. The molecule has 0 saturated heterocycles. The molecule has 0 radical (unpaired) electrons. The molecule has 1 aromatic rings. The second kappa shape index (κ2) is 5.13. The number of Topliss-reactive ketones (excluding diaryl/α,β-unsaturated/α-hetero) is 2. The van der Waals surface area contributed by atoms with E-state index in [0.717, 1.165) is 0 Å². The summed E-state index contributed by atoms with van der Waals surface area (Å²) in [6.07, 6.45) is 7.31. The van der Waals surface area contributed by atoms with Crippen molar-refractivity contribution in [1.82, 2.24) is 0 Å². The summed E-state index contributed by atoms with van der Waals surface area (Å²) < 4.78 is 0. The fourth-order valence-corrected chi connectivity index (χ4v) is 2.38. The maximum Gasteiger partial charge on any atom is 0.171 e. The summed E-state index contributed by atoms with van der Waals surface area (Å²) in [6, 6.07) is 7.06. The molecule has 0 aliphatic heterocycles. The average molecular weight is 240 g/mol. The van der Waals surface area contributed by atoms with Gasteiger partial charge in [-0.25, -0.2) is 0 Å². The van der Waals surface area contributed by atoms with Crippen LogP contribution >= 0.6 is 0 Å². The Balaban J connectivity index is 0.000000574. The third-order valence-electron chi connectivity index (χ3n) is 3.20. The number of hydrogen-bond donors (Lipinski definition) is 0. The Labute approximate surface area is 107 Å². The van der Waals surface area contributed by atoms with Crippen molar-refractivity contribution < 1.29 is 9.59 Å². The number of hydrogen-bond acceptors (Lipinski definition) is 2. The molecule has 2 aliphatic carbocycles. The van der Waals surface area contributed by atoms with Gasteiger partial charge in [0.15, 0.2) is 11.6 Å². The molecule has 2 heteroatoms. The van der Waals surface area contributed by atoms with E-state index in [0.29, 0.717) is 11.1 Å². The van der Waals surface area contributed by atoms with E-state index < -0.39 is 0 Å². The second-order valence-electron chi connectivity index (χ2n) is 4.10. The van der Waals surface area contributed by atoms with Gasteiger partial charge in [-0.2, -0.15) is 0 Å². The number of ketones is 2. The van der Waals surface area contributed by atoms with Crippen molar-refractivity contribution in [3.63, 3.8) is 0 Å². The van der Waals surface area contributed by atoms with Gasteiger partial charge in [0.2, 0.25) is 0 Å². The van der Waals surface area contributed by atoms with E-state index in [1.807, 2.05) is 38.2 Å². The zero-order valence-corrected chi connectivity index (χ0v) is 10.6. The summed E-state index contributed by atoms with van der Waals surface area (Å²) in [7, 11) is 0. The van der Waals surface area contributed by atoms with E-state index in [4.69, 9.17) is 0 Å². The van der Waals surface area contributed by atoms with Gasteiger partial charge in [-0.1, -0.05) is 62.4 Å². The maximum absolute atomic E-state index is 12.2. The fraction of sp³-hybridized carbons (Fsp3) is 0.250. The molecular weight excluding hydrogens is 224 g/mol. The maximum atomic E-state index is 12.2. The zero-order chi connectivity index (χ0) is 13.1. The molecule has 0 heterocycles. The quantitative estimate of drug-likeness (QED) is 0.696. The minimum Gasteiger partial charge on any atom is -0.293 e. The summed E-state index contributed by atoms with van der Waals surface area (Å²) in [5.41, 5.74) is 1.13. The Hall–Kier alpha value is -1.96. The van der Waals surface area contributed by atoms with Gasteiger partial charge in [-0.15, -0.1) is 0 Å². The predicted octanol–water partition coefficient (Wildman–Crippen LogP) is 3.45. The lowest BCUT2D eigenvalue weighted by Crippen LogP contribution is -2.35. The largest absolute Gasteiger partial charge is 0.293 e. The fourth-order valence-electron chi connectivity index (χ4n) is 2.38. The highest BCUT2D eigenvalue weighted by atomic mass is 16.1. The van der Waals surface area contributed by atoms with Gasteiger partial charge in [0.05, 0.1) is 11.8 Å². The molecule has 1 aromatic carbocycles. The van der Waals surface area contributed by atoms with E-state index in [9.17, 15) is 9.59 Å². The van der Waals surface area contributed by atoms with Crippen molar-refractivity contribution in [2.24, 2.45) is 11.8 Å². The third-order valence-corrected chi connectivity index (χ3v) is 3.20. The van der Waals surface area contributed by atoms with Crippen LogP contribution in [-0.2, 0) is 0 Å². The van der Waals surface area contributed by atoms with Crippen LogP contribution in [0.2, 0.25) is 0 Å². The molecule has 0 spiro atoms. The highest BCUT2D eigenvalue weighted by Gasteiger charge is 2.38. The van der Waals surface area contributed by atoms with E-state index in [1.165, 1.54) is 0 Å². The number of carbonyl (C=O) groups excluding carboxylic acids is 2. The molecule has 92 valence electrons. The molecule has 3 rings (SSSR count). The molecule has 2 unspecified atom stereocenters. The highest BCUT2D eigenvalue weighted by molar-refractivity contribution is 6.17. The van der Waals surface area contributed by atoms with Crippen LogP contribution in [0.3, 0.4) is 0 Å². The SMILES string of the molecule is CC.O=C1c2ccccc2C(=O)C2C=CC=CC12. The molecular formula is C16H16O2. The Morgan fingerprint density at radius 2 is 1.17 bits per heavy atom. The first-order chi connectivity index (χ1) is 8.79. The predicted molar refractivity (Wildman–Crippen MR) is 71.7 cm³/mol. The lowest BCUT2D eigenvalue weighted by atomic mass is 9.72. The highest BCUT2D eigenvalue weighted by Crippen LogP contribution is 2.33. The molecule has 0 fully saturated rings. The normalized spacial score (nSPS) is 23.9. The first-order valence-corrected chi connectivity index (χ1v) is 6.31. The first-order valence-electron chi connectivity index (χ1n) is 6.31. The van der Waals surface area contributed by atoms with E-state index >= 15 is 0 Å². The minimum absolute atomic E-state index is 0.0563. The molecule has 0 saturated carbocycles. The summed E-state index contributed by atoms with van der Waals surface area (Å²) in [6.45, 7) is 4.00. The van der Waals surface area contributed by atoms with Crippen molar-refractivity contribution in [3.05, 3.63) is 59.7 Å². The molecule has 2 nitrogen and oxygen atoms in total. The Morgan fingerprint density at radius 1 is 0.778 bits per heavy atom. The van der Waals surface area contributed by atoms with Gasteiger partial charge in [-0.05, 0) is 0 Å². The summed E-state index contributed by atoms with van der Waals surface area (Å²) in [5, 5.41) is 0. The standard InChI is InChI=1S/C14H10O2.C2H6/c15-13-9-5-1-2-6-10(9)14(16)12-8-4-3-7-11(12)13;1-2/h1-10H;1-2H3. The summed E-state index contributed by atoms with van der Waals surface area (Å²) in [5.74, 6) is -0.485. The van der Waals surface area contributed by atoms with E-state index in [1.54, 1.807) is 24.3 Å². The summed E-state index contributed by atoms with van der Waals surface area (Å²) >= 11 is 0. The molecule has 0 N–H and O–H groups in total. The van der Waals surface area contributed by atoms with E-state index in [-0.39, 0.29) is 23.4 Å². The molecule has 2 atom stereocenters. The van der Waals surface area contributed by atoms with Crippen molar-refractivity contribution in [1.29, 1.82) is 0 Å². The van der Waals surface area contributed by atoms with Gasteiger partial charge in [-0.3, -0.25) is 9.59 Å². The number of allylic oxidation sites excluding steroid dienone is 4. The number of benzene rings is 1. The van der Waals surface area contributed by atoms with Crippen LogP contribution in [0.25, 0.3) is 0 Å². The smallest absolute Gasteiger partial charge is 0.171 e. The molecule has 18 heavy (non-hydrogen) atoms. The van der Waals surface area contributed by atoms with Gasteiger partial charge in [0, 0.05) is 11.1 Å². The third kappa shape index (κ3) is 1.84. The van der Waals surface area contributed by atoms with Crippen LogP contribution in [0.15, 0.2) is 48.6 Å². The van der Waals surface area contributed by atoms with Gasteiger partial charge in [0.1, 0.15) is 0 Å². The Morgan fingerprint density at radius 3 is 1.56 bits per heavy atom. The van der Waals surface area contributed by atoms with Crippen LogP contribution in [0.5, 0.6) is 0 Å². The van der Waals surface area contributed by atoms with Crippen molar-refractivity contribution in [2.45, 2.75) is 13.8 Å². The minimum atomic E-state index is -0.299. The van der Waals surface area contributed by atoms with Crippen molar-refractivity contribution >= 4 is 11.6 Å². The number of fused-ring (bicyclic) bond motifs is 2. The molecule has 0 bridgehead atoms. The topological polar surface area (TPSA) is 34.1 Å². The van der Waals surface area contributed by atoms with Crippen LogP contribution in [0.1, 0.15) is 34.6 Å². The average Bonchev–Trinajstić information content (AvgIpc) is 2.47. The van der Waals surface area contributed by atoms with Crippen molar-refractivity contribution in [3.8, 4) is 0 Å². The van der Waals surface area contributed by atoms with Crippen molar-refractivity contribution in [2.75, 3.05) is 0 Å². The van der Waals surface area contributed by atoms with Gasteiger partial charge >= 0.3 is 0 Å². The Kier molecular flexibility index (Phi) is 3.56. The molecule has 0 amide bonds. The summed E-state index contributed by atoms with van der Waals surface area (Å²) in [4.78, 5) is 24.3. The monoisotopic (exact) mass is 240 g/mol. The first kappa shape index (κ1) is 12.5. The second-order valence-corrected chi connectivity index (χ2v) is 4.10. The lowest BCUT2D eigenvalue weighted by molar-refractivity contribution is 0.0801. The van der Waals surface area contributed by atoms with Gasteiger partial charge in [0.25, 0.3) is 0 Å².